The van der Waals surface area contributed by atoms with Crippen LogP contribution in [0.1, 0.15) is 32.6 Å². The molecule has 1 fully saturated rings. The summed E-state index contributed by atoms with van der Waals surface area (Å²) in [5.41, 5.74) is 1.70. The maximum atomic E-state index is 12.6. The average molecular weight is 415 g/mol. The maximum absolute atomic E-state index is 12.6. The van der Waals surface area contributed by atoms with Crippen molar-refractivity contribution in [1.82, 2.24) is 9.97 Å². The molecule has 0 amide bonds. The number of rotatable bonds is 5. The van der Waals surface area contributed by atoms with Crippen LogP contribution in [0.3, 0.4) is 0 Å². The van der Waals surface area contributed by atoms with Crippen LogP contribution in [-0.4, -0.2) is 27.8 Å². The first-order chi connectivity index (χ1) is 13.6. The Labute approximate surface area is 171 Å². The van der Waals surface area contributed by atoms with E-state index < -0.39 is 0 Å². The molecule has 0 spiro atoms. The molecule has 5 nitrogen and oxygen atoms in total. The summed E-state index contributed by atoms with van der Waals surface area (Å²) in [5, 5.41) is 3.00. The van der Waals surface area contributed by atoms with Crippen LogP contribution in [0, 0.1) is 5.92 Å². The van der Waals surface area contributed by atoms with E-state index in [2.05, 4.69) is 16.9 Å². The molecule has 1 aliphatic carbocycles. The van der Waals surface area contributed by atoms with Gasteiger partial charge < -0.3 is 9.72 Å². The minimum Gasteiger partial charge on any atom is -0.462 e. The SMILES string of the molecule is CC1CCCC(OC(=O)CSc2nc3scc(-c4ccccc4)c3c(=O)[nH]2)C1. The number of hydrogen-bond donors (Lipinski definition) is 1. The fraction of sp³-hybridized carbons (Fsp3) is 0.381. The average Bonchev–Trinajstić information content (AvgIpc) is 3.12. The van der Waals surface area contributed by atoms with Gasteiger partial charge in [0.2, 0.25) is 0 Å². The number of hydrogen-bond acceptors (Lipinski definition) is 6. The molecule has 146 valence electrons. The third kappa shape index (κ3) is 4.31. The summed E-state index contributed by atoms with van der Waals surface area (Å²) < 4.78 is 5.59. The highest BCUT2D eigenvalue weighted by Gasteiger charge is 2.22. The van der Waals surface area contributed by atoms with E-state index in [4.69, 9.17) is 4.74 Å². The van der Waals surface area contributed by atoms with E-state index in [0.29, 0.717) is 21.3 Å². The Hall–Kier alpha value is -2.12. The lowest BCUT2D eigenvalue weighted by Crippen LogP contribution is -2.25. The van der Waals surface area contributed by atoms with Gasteiger partial charge in [0.25, 0.3) is 5.56 Å². The molecule has 0 saturated heterocycles. The van der Waals surface area contributed by atoms with Crippen molar-refractivity contribution < 1.29 is 9.53 Å². The molecular formula is C21H22N2O3S2. The zero-order valence-electron chi connectivity index (χ0n) is 15.6. The number of esters is 1. The number of fused-ring (bicyclic) bond motifs is 1. The summed E-state index contributed by atoms with van der Waals surface area (Å²) in [7, 11) is 0. The molecule has 1 N–H and O–H groups in total. The number of benzene rings is 1. The van der Waals surface area contributed by atoms with Crippen molar-refractivity contribution in [2.45, 2.75) is 43.9 Å². The molecule has 1 saturated carbocycles. The molecule has 1 aromatic carbocycles. The topological polar surface area (TPSA) is 72.0 Å². The van der Waals surface area contributed by atoms with Gasteiger partial charge in [-0.2, -0.15) is 0 Å². The van der Waals surface area contributed by atoms with Crippen LogP contribution in [0.25, 0.3) is 21.3 Å². The fourth-order valence-electron chi connectivity index (χ4n) is 3.66. The van der Waals surface area contributed by atoms with Gasteiger partial charge in [-0.3, -0.25) is 9.59 Å². The van der Waals surface area contributed by atoms with Crippen LogP contribution in [-0.2, 0) is 9.53 Å². The quantitative estimate of drug-likeness (QED) is 0.366. The van der Waals surface area contributed by atoms with Crippen molar-refractivity contribution in [2.24, 2.45) is 5.92 Å². The number of H-pyrrole nitrogens is 1. The lowest BCUT2D eigenvalue weighted by Gasteiger charge is -2.26. The molecule has 2 aromatic heterocycles. The van der Waals surface area contributed by atoms with E-state index in [9.17, 15) is 9.59 Å². The zero-order chi connectivity index (χ0) is 19.5. The highest BCUT2D eigenvalue weighted by Crippen LogP contribution is 2.31. The molecular weight excluding hydrogens is 392 g/mol. The van der Waals surface area contributed by atoms with E-state index in [0.717, 1.165) is 30.4 Å². The normalized spacial score (nSPS) is 19.6. The highest BCUT2D eigenvalue weighted by atomic mass is 32.2. The Morgan fingerprint density at radius 1 is 1.32 bits per heavy atom. The number of carbonyl (C=O) groups excluding carboxylic acids is 1. The lowest BCUT2D eigenvalue weighted by molar-refractivity contribution is -0.147. The lowest BCUT2D eigenvalue weighted by atomic mass is 9.89. The molecule has 2 heterocycles. The molecule has 2 atom stereocenters. The molecule has 7 heteroatoms. The number of thiophene rings is 1. The van der Waals surface area contributed by atoms with Crippen LogP contribution in [0.2, 0.25) is 0 Å². The highest BCUT2D eigenvalue weighted by molar-refractivity contribution is 7.99. The maximum Gasteiger partial charge on any atom is 0.316 e. The summed E-state index contributed by atoms with van der Waals surface area (Å²) >= 11 is 2.66. The summed E-state index contributed by atoms with van der Waals surface area (Å²) in [6.45, 7) is 2.20. The Bertz CT molecular complexity index is 1030. The van der Waals surface area contributed by atoms with Crippen molar-refractivity contribution >= 4 is 39.3 Å². The molecule has 0 radical (unpaired) electrons. The van der Waals surface area contributed by atoms with Gasteiger partial charge in [0.1, 0.15) is 10.9 Å². The van der Waals surface area contributed by atoms with Crippen molar-refractivity contribution in [2.75, 3.05) is 5.75 Å². The van der Waals surface area contributed by atoms with Gasteiger partial charge in [-0.05, 0) is 30.7 Å². The van der Waals surface area contributed by atoms with Crippen molar-refractivity contribution in [3.05, 3.63) is 46.1 Å². The zero-order valence-corrected chi connectivity index (χ0v) is 17.3. The standard InChI is InChI=1S/C21H22N2O3S2/c1-13-6-5-9-15(10-13)26-17(24)12-28-21-22-19(25)18-16(11-27-20(18)23-21)14-7-3-2-4-8-14/h2-4,7-8,11,13,15H,5-6,9-10,12H2,1H3,(H,22,23,25). The monoisotopic (exact) mass is 414 g/mol. The van der Waals surface area contributed by atoms with Gasteiger partial charge >= 0.3 is 5.97 Å². The Kier molecular flexibility index (Phi) is 5.82. The first kappa shape index (κ1) is 19.2. The van der Waals surface area contributed by atoms with Gasteiger partial charge in [0.05, 0.1) is 11.1 Å². The van der Waals surface area contributed by atoms with E-state index in [1.165, 1.54) is 29.5 Å². The predicted molar refractivity (Wildman–Crippen MR) is 114 cm³/mol. The van der Waals surface area contributed by atoms with Crippen LogP contribution in [0.5, 0.6) is 0 Å². The number of aromatic amines is 1. The van der Waals surface area contributed by atoms with Gasteiger partial charge in [0, 0.05) is 10.9 Å². The second kappa shape index (κ2) is 8.49. The van der Waals surface area contributed by atoms with E-state index in [1.54, 1.807) is 0 Å². The molecule has 3 aromatic rings. The van der Waals surface area contributed by atoms with Crippen molar-refractivity contribution in [3.63, 3.8) is 0 Å². The Morgan fingerprint density at radius 2 is 2.14 bits per heavy atom. The fourth-order valence-corrected chi connectivity index (χ4v) is 5.31. The van der Waals surface area contributed by atoms with Crippen LogP contribution in [0.4, 0.5) is 0 Å². The minimum atomic E-state index is -0.247. The molecule has 28 heavy (non-hydrogen) atoms. The van der Waals surface area contributed by atoms with Gasteiger partial charge in [-0.1, -0.05) is 55.4 Å². The second-order valence-corrected chi connectivity index (χ2v) is 9.06. The number of thioether (sulfide) groups is 1. The summed E-state index contributed by atoms with van der Waals surface area (Å²) in [4.78, 5) is 32.8. The summed E-state index contributed by atoms with van der Waals surface area (Å²) in [5.74, 6) is 0.510. The minimum absolute atomic E-state index is 0.0251. The molecule has 4 rings (SSSR count). The first-order valence-electron chi connectivity index (χ1n) is 9.49. The largest absolute Gasteiger partial charge is 0.462 e. The molecule has 1 aliphatic rings. The number of carbonyl (C=O) groups is 1. The molecule has 2 unspecified atom stereocenters. The smallest absolute Gasteiger partial charge is 0.316 e. The number of nitrogens with one attached hydrogen (secondary N) is 1. The third-order valence-electron chi connectivity index (χ3n) is 5.02. The Balaban J connectivity index is 1.45. The van der Waals surface area contributed by atoms with Gasteiger partial charge in [0.15, 0.2) is 5.16 Å². The molecule has 0 aliphatic heterocycles. The second-order valence-electron chi connectivity index (χ2n) is 7.24. The van der Waals surface area contributed by atoms with Crippen LogP contribution in [0.15, 0.2) is 45.7 Å². The van der Waals surface area contributed by atoms with Crippen molar-refractivity contribution in [1.29, 1.82) is 0 Å². The van der Waals surface area contributed by atoms with Gasteiger partial charge in [-0.15, -0.1) is 11.3 Å². The van der Waals surface area contributed by atoms with Crippen LogP contribution >= 0.6 is 23.1 Å². The van der Waals surface area contributed by atoms with E-state index in [-0.39, 0.29) is 23.4 Å². The first-order valence-corrected chi connectivity index (χ1v) is 11.4. The van der Waals surface area contributed by atoms with E-state index >= 15 is 0 Å². The van der Waals surface area contributed by atoms with Crippen molar-refractivity contribution in [3.8, 4) is 11.1 Å². The number of aromatic nitrogens is 2. The molecule has 0 bridgehead atoms. The summed E-state index contributed by atoms with van der Waals surface area (Å²) in [6, 6.07) is 9.80. The van der Waals surface area contributed by atoms with Crippen LogP contribution < -0.4 is 5.56 Å². The van der Waals surface area contributed by atoms with E-state index in [1.807, 2.05) is 35.7 Å². The number of nitrogens with zero attached hydrogens (tertiary/aromatic N) is 1. The third-order valence-corrected chi connectivity index (χ3v) is 6.74. The summed E-state index contributed by atoms with van der Waals surface area (Å²) in [6.07, 6.45) is 4.23. The number of ether oxygens (including phenoxy) is 1. The predicted octanol–water partition coefficient (Wildman–Crippen LogP) is 4.87. The van der Waals surface area contributed by atoms with Gasteiger partial charge in [-0.25, -0.2) is 4.98 Å². The Morgan fingerprint density at radius 3 is 2.93 bits per heavy atom.